The number of nitrogens with one attached hydrogen (secondary N) is 4. The summed E-state index contributed by atoms with van der Waals surface area (Å²) < 4.78 is 0. The van der Waals surface area contributed by atoms with Crippen LogP contribution < -0.4 is 27.0 Å². The van der Waals surface area contributed by atoms with Crippen LogP contribution in [0.5, 0.6) is 0 Å². The van der Waals surface area contributed by atoms with Crippen LogP contribution in [0.25, 0.3) is 0 Å². The summed E-state index contributed by atoms with van der Waals surface area (Å²) in [5.74, 6) is -3.17. The van der Waals surface area contributed by atoms with Crippen molar-refractivity contribution in [3.63, 3.8) is 0 Å². The highest BCUT2D eigenvalue weighted by Gasteiger charge is 2.24. The number of hydrogen-bond donors (Lipinski definition) is 6. The van der Waals surface area contributed by atoms with Gasteiger partial charge in [0.25, 0.3) is 0 Å². The number of nitrogens with two attached hydrogens (primary N) is 1. The van der Waals surface area contributed by atoms with Crippen LogP contribution in [0.3, 0.4) is 0 Å². The molecule has 0 bridgehead atoms. The molecule has 11 heteroatoms. The first-order valence-corrected chi connectivity index (χ1v) is 9.95. The number of carboxylic acid groups (broad SMARTS) is 1. The van der Waals surface area contributed by atoms with Crippen LogP contribution in [-0.2, 0) is 24.0 Å². The Morgan fingerprint density at radius 2 is 1.23 bits per heavy atom. The number of aliphatic carboxylic acids is 1. The van der Waals surface area contributed by atoms with Crippen LogP contribution in [0.1, 0.15) is 47.5 Å². The lowest BCUT2D eigenvalue weighted by molar-refractivity contribution is -0.141. The summed E-state index contributed by atoms with van der Waals surface area (Å²) in [5, 5.41) is 18.3. The molecule has 0 saturated carbocycles. The number of amides is 4. The first kappa shape index (κ1) is 27.3. The molecule has 0 aromatic heterocycles. The Morgan fingerprint density at radius 3 is 1.70 bits per heavy atom. The summed E-state index contributed by atoms with van der Waals surface area (Å²) in [6.45, 7) is 8.12. The quantitative estimate of drug-likeness (QED) is 0.211. The Kier molecular flexibility index (Phi) is 12.3. The average molecular weight is 430 g/mol. The molecular formula is C19H35N5O6. The van der Waals surface area contributed by atoms with Crippen molar-refractivity contribution >= 4 is 29.6 Å². The highest BCUT2D eigenvalue weighted by Crippen LogP contribution is 2.05. The van der Waals surface area contributed by atoms with E-state index >= 15 is 0 Å². The SMILES string of the molecule is CC(C)CC(N)C(=O)NCC(=O)NC(CC(C)C)C(=O)NCC(=O)NC(C)C(=O)O. The molecule has 0 spiro atoms. The lowest BCUT2D eigenvalue weighted by Gasteiger charge is -2.21. The first-order valence-electron chi connectivity index (χ1n) is 9.95. The minimum absolute atomic E-state index is 0.0657. The van der Waals surface area contributed by atoms with E-state index in [4.69, 9.17) is 10.8 Å². The third kappa shape index (κ3) is 12.0. The van der Waals surface area contributed by atoms with Crippen LogP contribution in [0, 0.1) is 11.8 Å². The van der Waals surface area contributed by atoms with Crippen molar-refractivity contribution in [2.75, 3.05) is 13.1 Å². The van der Waals surface area contributed by atoms with Crippen molar-refractivity contribution in [1.82, 2.24) is 21.3 Å². The zero-order valence-electron chi connectivity index (χ0n) is 18.3. The Labute approximate surface area is 176 Å². The predicted molar refractivity (Wildman–Crippen MR) is 110 cm³/mol. The Hall–Kier alpha value is -2.69. The fourth-order valence-electron chi connectivity index (χ4n) is 2.51. The van der Waals surface area contributed by atoms with Crippen LogP contribution in [0.2, 0.25) is 0 Å². The average Bonchev–Trinajstić information content (AvgIpc) is 2.62. The maximum absolute atomic E-state index is 12.4. The molecule has 0 aromatic rings. The third-order valence-electron chi connectivity index (χ3n) is 4.02. The molecular weight excluding hydrogens is 394 g/mol. The third-order valence-corrected chi connectivity index (χ3v) is 4.02. The van der Waals surface area contributed by atoms with E-state index in [2.05, 4.69) is 21.3 Å². The van der Waals surface area contributed by atoms with Gasteiger partial charge in [0.15, 0.2) is 0 Å². The van der Waals surface area contributed by atoms with Crippen LogP contribution in [0.4, 0.5) is 0 Å². The Bertz CT molecular complexity index is 623. The van der Waals surface area contributed by atoms with Crippen LogP contribution in [-0.4, -0.2) is 65.9 Å². The molecule has 7 N–H and O–H groups in total. The Morgan fingerprint density at radius 1 is 0.767 bits per heavy atom. The van der Waals surface area contributed by atoms with Gasteiger partial charge in [-0.05, 0) is 31.6 Å². The van der Waals surface area contributed by atoms with E-state index < -0.39 is 54.3 Å². The van der Waals surface area contributed by atoms with E-state index in [1.54, 1.807) is 0 Å². The van der Waals surface area contributed by atoms with Gasteiger partial charge in [0.2, 0.25) is 23.6 Å². The number of carboxylic acids is 1. The summed E-state index contributed by atoms with van der Waals surface area (Å²) in [6, 6.07) is -2.73. The molecule has 30 heavy (non-hydrogen) atoms. The molecule has 0 radical (unpaired) electrons. The van der Waals surface area contributed by atoms with Crippen molar-refractivity contribution < 1.29 is 29.1 Å². The largest absolute Gasteiger partial charge is 0.480 e. The molecule has 0 aliphatic heterocycles. The lowest BCUT2D eigenvalue weighted by atomic mass is 10.0. The molecule has 0 saturated heterocycles. The molecule has 0 aromatic carbocycles. The highest BCUT2D eigenvalue weighted by atomic mass is 16.4. The van der Waals surface area contributed by atoms with Gasteiger partial charge < -0.3 is 32.1 Å². The standard InChI is InChI=1S/C19H35N5O6/c1-10(2)6-13(20)17(27)21-9-16(26)24-14(7-11(3)4)18(28)22-8-15(25)23-12(5)19(29)30/h10-14H,6-9,20H2,1-5H3,(H,21,27)(H,22,28)(H,23,25)(H,24,26)(H,29,30). The number of carbonyl (C=O) groups excluding carboxylic acids is 4. The molecule has 172 valence electrons. The smallest absolute Gasteiger partial charge is 0.325 e. The van der Waals surface area contributed by atoms with Crippen LogP contribution in [0.15, 0.2) is 0 Å². The second-order valence-corrected chi connectivity index (χ2v) is 8.05. The maximum Gasteiger partial charge on any atom is 0.325 e. The second kappa shape index (κ2) is 13.5. The van der Waals surface area contributed by atoms with Gasteiger partial charge in [0, 0.05) is 0 Å². The van der Waals surface area contributed by atoms with Gasteiger partial charge in [-0.2, -0.15) is 0 Å². The minimum Gasteiger partial charge on any atom is -0.480 e. The first-order chi connectivity index (χ1) is 13.8. The molecule has 0 heterocycles. The van der Waals surface area contributed by atoms with Crippen molar-refractivity contribution in [1.29, 1.82) is 0 Å². The summed E-state index contributed by atoms with van der Waals surface area (Å²) in [4.78, 5) is 58.9. The number of carbonyl (C=O) groups is 5. The zero-order chi connectivity index (χ0) is 23.4. The van der Waals surface area contributed by atoms with Crippen LogP contribution >= 0.6 is 0 Å². The van der Waals surface area contributed by atoms with E-state index in [0.29, 0.717) is 12.8 Å². The van der Waals surface area contributed by atoms with Gasteiger partial charge in [-0.15, -0.1) is 0 Å². The van der Waals surface area contributed by atoms with E-state index in [0.717, 1.165) is 0 Å². The number of hydrogen-bond acceptors (Lipinski definition) is 6. The monoisotopic (exact) mass is 429 g/mol. The van der Waals surface area contributed by atoms with E-state index in [1.165, 1.54) is 6.92 Å². The Balaban J connectivity index is 4.66. The molecule has 0 rings (SSSR count). The molecule has 4 amide bonds. The van der Waals surface area contributed by atoms with Crippen molar-refractivity contribution in [3.8, 4) is 0 Å². The van der Waals surface area contributed by atoms with Gasteiger partial charge in [-0.1, -0.05) is 27.7 Å². The molecule has 3 unspecified atom stereocenters. The maximum atomic E-state index is 12.4. The van der Waals surface area contributed by atoms with Crippen molar-refractivity contribution in [2.45, 2.75) is 65.6 Å². The topological polar surface area (TPSA) is 180 Å². The summed E-state index contributed by atoms with van der Waals surface area (Å²) in [6.07, 6.45) is 0.792. The van der Waals surface area contributed by atoms with Gasteiger partial charge >= 0.3 is 5.97 Å². The zero-order valence-corrected chi connectivity index (χ0v) is 18.3. The molecule has 0 aliphatic rings. The van der Waals surface area contributed by atoms with Gasteiger partial charge in [0.05, 0.1) is 19.1 Å². The normalized spacial score (nSPS) is 13.9. The lowest BCUT2D eigenvalue weighted by Crippen LogP contribution is -2.53. The van der Waals surface area contributed by atoms with Crippen molar-refractivity contribution in [3.05, 3.63) is 0 Å². The molecule has 0 fully saturated rings. The van der Waals surface area contributed by atoms with Gasteiger partial charge in [-0.3, -0.25) is 24.0 Å². The minimum atomic E-state index is -1.20. The van der Waals surface area contributed by atoms with Gasteiger partial charge in [-0.25, -0.2) is 0 Å². The fourth-order valence-corrected chi connectivity index (χ4v) is 2.51. The van der Waals surface area contributed by atoms with E-state index in [-0.39, 0.29) is 18.4 Å². The second-order valence-electron chi connectivity index (χ2n) is 8.05. The highest BCUT2D eigenvalue weighted by molar-refractivity contribution is 5.93. The van der Waals surface area contributed by atoms with E-state index in [9.17, 15) is 24.0 Å². The van der Waals surface area contributed by atoms with E-state index in [1.807, 2.05) is 27.7 Å². The summed E-state index contributed by atoms with van der Waals surface area (Å²) >= 11 is 0. The molecule has 0 aliphatic carbocycles. The molecule has 3 atom stereocenters. The summed E-state index contributed by atoms with van der Waals surface area (Å²) in [5.41, 5.74) is 5.76. The van der Waals surface area contributed by atoms with Crippen molar-refractivity contribution in [2.24, 2.45) is 17.6 Å². The molecule has 11 nitrogen and oxygen atoms in total. The number of rotatable bonds is 13. The van der Waals surface area contributed by atoms with Gasteiger partial charge in [0.1, 0.15) is 12.1 Å². The fraction of sp³-hybridized carbons (Fsp3) is 0.737. The summed E-state index contributed by atoms with van der Waals surface area (Å²) in [7, 11) is 0. The predicted octanol–water partition coefficient (Wildman–Crippen LogP) is -1.29.